The molecular weight excluding hydrogens is 452 g/mol. The minimum atomic E-state index is -1.38. The van der Waals surface area contributed by atoms with Crippen LogP contribution in [0.2, 0.25) is 0 Å². The zero-order valence-corrected chi connectivity index (χ0v) is 21.8. The average molecular weight is 497 g/mol. The molecule has 0 radical (unpaired) electrons. The third-order valence-corrected chi connectivity index (χ3v) is 9.53. The van der Waals surface area contributed by atoms with Crippen molar-refractivity contribution in [1.29, 1.82) is 0 Å². The third kappa shape index (κ3) is 4.94. The van der Waals surface area contributed by atoms with Crippen molar-refractivity contribution in [1.82, 2.24) is 0 Å². The van der Waals surface area contributed by atoms with Gasteiger partial charge in [-0.1, -0.05) is 38.8 Å². The number of rotatable bonds is 5. The van der Waals surface area contributed by atoms with Crippen molar-refractivity contribution in [3.8, 4) is 0 Å². The molecule has 1 saturated heterocycles. The fourth-order valence-corrected chi connectivity index (χ4v) is 7.20. The minimum absolute atomic E-state index is 0.0831. The number of ether oxygens (including phenoxy) is 3. The molecule has 1 aliphatic heterocycles. The van der Waals surface area contributed by atoms with Crippen molar-refractivity contribution < 1.29 is 39.4 Å². The van der Waals surface area contributed by atoms with Crippen LogP contribution in [0.1, 0.15) is 73.1 Å². The summed E-state index contributed by atoms with van der Waals surface area (Å²) in [5.74, 6) is -0.206. The molecule has 35 heavy (non-hydrogen) atoms. The van der Waals surface area contributed by atoms with Gasteiger partial charge in [0.1, 0.15) is 18.3 Å². The van der Waals surface area contributed by atoms with Crippen LogP contribution >= 0.6 is 0 Å². The number of allylic oxidation sites excluding steroid dienone is 2. The number of hydrogen-bond acceptors (Lipinski definition) is 8. The van der Waals surface area contributed by atoms with Crippen molar-refractivity contribution in [2.45, 2.75) is 110 Å². The smallest absolute Gasteiger partial charge is 0.302 e. The predicted molar refractivity (Wildman–Crippen MR) is 128 cm³/mol. The first-order valence-electron chi connectivity index (χ1n) is 13.2. The van der Waals surface area contributed by atoms with E-state index in [-0.39, 0.29) is 41.8 Å². The van der Waals surface area contributed by atoms with E-state index in [0.29, 0.717) is 18.8 Å². The molecule has 3 aliphatic carbocycles. The van der Waals surface area contributed by atoms with E-state index in [9.17, 15) is 25.2 Å². The number of esters is 1. The first-order valence-corrected chi connectivity index (χ1v) is 13.2. The van der Waals surface area contributed by atoms with Gasteiger partial charge in [-0.15, -0.1) is 0 Å². The van der Waals surface area contributed by atoms with Crippen LogP contribution in [0.3, 0.4) is 0 Å². The van der Waals surface area contributed by atoms with E-state index in [4.69, 9.17) is 14.2 Å². The Kier molecular flexibility index (Phi) is 7.74. The van der Waals surface area contributed by atoms with Crippen LogP contribution < -0.4 is 0 Å². The maximum Gasteiger partial charge on any atom is 0.302 e. The molecule has 3 fully saturated rings. The SMILES string of the molecule is CC(=O)OCC1C[C@H](O[C@@H]2OC[C@@H](O)[C@H](O)[C@H]2O)[C@]2(C)CC[C@@]3(C)CCC(C(C)C)=C3C2CC1O. The zero-order valence-electron chi connectivity index (χ0n) is 21.8. The van der Waals surface area contributed by atoms with E-state index in [0.717, 1.165) is 25.7 Å². The van der Waals surface area contributed by atoms with Crippen molar-refractivity contribution in [2.24, 2.45) is 28.6 Å². The topological polar surface area (TPSA) is 126 Å². The molecule has 0 aromatic carbocycles. The summed E-state index contributed by atoms with van der Waals surface area (Å²) in [5, 5.41) is 42.1. The standard InChI is InChI=1S/C27H44O8/c1-14(2)17-6-7-26(4)8-9-27(5)18(22(17)26)11-19(29)16(12-33-15(3)28)10-21(27)35-25-24(32)23(31)20(30)13-34-25/h14,16,18-21,23-25,29-32H,6-13H2,1-5H3/t16?,18?,19?,20-,21+,23+,24-,25+,26-,27-/m1/s1. The largest absolute Gasteiger partial charge is 0.465 e. The van der Waals surface area contributed by atoms with E-state index in [1.54, 1.807) is 0 Å². The third-order valence-electron chi connectivity index (χ3n) is 9.53. The highest BCUT2D eigenvalue weighted by atomic mass is 16.7. The van der Waals surface area contributed by atoms with Gasteiger partial charge < -0.3 is 34.6 Å². The lowest BCUT2D eigenvalue weighted by molar-refractivity contribution is -0.297. The van der Waals surface area contributed by atoms with Gasteiger partial charge in [0.25, 0.3) is 0 Å². The van der Waals surface area contributed by atoms with Crippen LogP contribution in [0.4, 0.5) is 0 Å². The Morgan fingerprint density at radius 3 is 2.43 bits per heavy atom. The molecule has 2 saturated carbocycles. The minimum Gasteiger partial charge on any atom is -0.465 e. The van der Waals surface area contributed by atoms with E-state index in [2.05, 4.69) is 27.7 Å². The number of aliphatic hydroxyl groups excluding tert-OH is 4. The van der Waals surface area contributed by atoms with E-state index in [1.165, 1.54) is 18.1 Å². The molecule has 4 aliphatic rings. The van der Waals surface area contributed by atoms with Crippen LogP contribution in [0.5, 0.6) is 0 Å². The lowest BCUT2D eigenvalue weighted by Crippen LogP contribution is -2.56. The second-order valence-electron chi connectivity index (χ2n) is 12.2. The van der Waals surface area contributed by atoms with Crippen molar-refractivity contribution in [3.63, 3.8) is 0 Å². The quantitative estimate of drug-likeness (QED) is 0.338. The maximum absolute atomic E-state index is 11.6. The first-order chi connectivity index (χ1) is 16.4. The van der Waals surface area contributed by atoms with Crippen molar-refractivity contribution >= 4 is 5.97 Å². The fourth-order valence-electron chi connectivity index (χ4n) is 7.20. The molecule has 1 heterocycles. The Bertz CT molecular complexity index is 826. The molecular formula is C27H44O8. The molecule has 200 valence electrons. The maximum atomic E-state index is 11.6. The van der Waals surface area contributed by atoms with Gasteiger partial charge in [-0.2, -0.15) is 0 Å². The fraction of sp³-hybridized carbons (Fsp3) is 0.889. The van der Waals surface area contributed by atoms with Gasteiger partial charge in [-0.05, 0) is 55.8 Å². The molecule has 0 spiro atoms. The Labute approximate surface area is 208 Å². The summed E-state index contributed by atoms with van der Waals surface area (Å²) in [7, 11) is 0. The van der Waals surface area contributed by atoms with Crippen LogP contribution in [0.15, 0.2) is 11.1 Å². The summed E-state index contributed by atoms with van der Waals surface area (Å²) in [6.07, 6.45) is -0.953. The summed E-state index contributed by atoms with van der Waals surface area (Å²) < 4.78 is 17.4. The highest BCUT2D eigenvalue weighted by molar-refractivity contribution is 5.65. The molecule has 8 heteroatoms. The molecule has 0 aromatic heterocycles. The highest BCUT2D eigenvalue weighted by Gasteiger charge is 2.58. The van der Waals surface area contributed by atoms with Gasteiger partial charge in [0.15, 0.2) is 6.29 Å². The van der Waals surface area contributed by atoms with Crippen LogP contribution in [-0.4, -0.2) is 76.4 Å². The lowest BCUT2D eigenvalue weighted by atomic mass is 9.54. The monoisotopic (exact) mass is 496 g/mol. The Morgan fingerprint density at radius 1 is 1.06 bits per heavy atom. The number of fused-ring (bicyclic) bond motifs is 3. The van der Waals surface area contributed by atoms with Crippen LogP contribution in [0, 0.1) is 28.6 Å². The van der Waals surface area contributed by atoms with E-state index >= 15 is 0 Å². The summed E-state index contributed by atoms with van der Waals surface area (Å²) in [4.78, 5) is 11.6. The lowest BCUT2D eigenvalue weighted by Gasteiger charge is -2.53. The molecule has 8 nitrogen and oxygen atoms in total. The van der Waals surface area contributed by atoms with Crippen LogP contribution in [-0.2, 0) is 19.0 Å². The molecule has 4 N–H and O–H groups in total. The predicted octanol–water partition coefficient (Wildman–Crippen LogP) is 2.31. The highest BCUT2D eigenvalue weighted by Crippen LogP contribution is 2.64. The van der Waals surface area contributed by atoms with Gasteiger partial charge in [0.05, 0.1) is 25.4 Å². The summed E-state index contributed by atoms with van der Waals surface area (Å²) in [6, 6.07) is 0. The number of carbonyl (C=O) groups excluding carboxylic acids is 1. The number of hydrogen-bond donors (Lipinski definition) is 4. The summed E-state index contributed by atoms with van der Waals surface area (Å²) >= 11 is 0. The molecule has 0 bridgehead atoms. The molecule has 4 rings (SSSR count). The second kappa shape index (κ2) is 10.0. The number of aliphatic hydroxyl groups is 4. The normalized spacial score (nSPS) is 46.2. The van der Waals surface area contributed by atoms with Crippen LogP contribution in [0.25, 0.3) is 0 Å². The molecule has 0 aromatic rings. The molecule has 10 atom stereocenters. The number of carbonyl (C=O) groups is 1. The van der Waals surface area contributed by atoms with Gasteiger partial charge >= 0.3 is 5.97 Å². The first kappa shape index (κ1) is 27.0. The van der Waals surface area contributed by atoms with Gasteiger partial charge in [0, 0.05) is 18.3 Å². The van der Waals surface area contributed by atoms with Crippen molar-refractivity contribution in [3.05, 3.63) is 11.1 Å². The average Bonchev–Trinajstić information content (AvgIpc) is 3.10. The molecule has 0 amide bonds. The van der Waals surface area contributed by atoms with Gasteiger partial charge in [-0.3, -0.25) is 4.79 Å². The Hall–Kier alpha value is -1.03. The summed E-state index contributed by atoms with van der Waals surface area (Å²) in [5.41, 5.74) is 2.71. The Balaban J connectivity index is 1.72. The van der Waals surface area contributed by atoms with Gasteiger partial charge in [-0.25, -0.2) is 0 Å². The molecule has 3 unspecified atom stereocenters. The summed E-state index contributed by atoms with van der Waals surface area (Å²) in [6.45, 7) is 10.4. The van der Waals surface area contributed by atoms with Crippen molar-refractivity contribution in [2.75, 3.05) is 13.2 Å². The van der Waals surface area contributed by atoms with Gasteiger partial charge in [0.2, 0.25) is 0 Å². The Morgan fingerprint density at radius 2 is 1.77 bits per heavy atom. The van der Waals surface area contributed by atoms with E-state index < -0.39 is 36.8 Å². The van der Waals surface area contributed by atoms with E-state index in [1.807, 2.05) is 0 Å². The second-order valence-corrected chi connectivity index (χ2v) is 12.2. The zero-order chi connectivity index (χ0) is 25.7.